The fraction of sp³-hybridized carbons (Fsp3) is 0.417. The molecule has 3 rings (SSSR count). The fourth-order valence-electron chi connectivity index (χ4n) is 3.47. The van der Waals surface area contributed by atoms with E-state index in [1.807, 2.05) is 55.5 Å². The fourth-order valence-corrected chi connectivity index (χ4v) is 4.19. The van der Waals surface area contributed by atoms with Crippen LogP contribution in [0.3, 0.4) is 0 Å². The van der Waals surface area contributed by atoms with Gasteiger partial charge in [-0.15, -0.1) is 11.8 Å². The van der Waals surface area contributed by atoms with Gasteiger partial charge in [0.15, 0.2) is 0 Å². The second-order valence-electron chi connectivity index (χ2n) is 7.71. The Hall–Kier alpha value is -2.47. The van der Waals surface area contributed by atoms with Crippen molar-refractivity contribution in [1.82, 2.24) is 5.32 Å². The first-order chi connectivity index (χ1) is 14.6. The Morgan fingerprint density at radius 1 is 1.07 bits per heavy atom. The molecule has 2 aromatic carbocycles. The van der Waals surface area contributed by atoms with Crippen molar-refractivity contribution in [2.45, 2.75) is 50.5 Å². The lowest BCUT2D eigenvalue weighted by Gasteiger charge is -2.31. The molecule has 0 spiro atoms. The largest absolute Gasteiger partial charge is 0.371 e. The van der Waals surface area contributed by atoms with Crippen LogP contribution in [0.25, 0.3) is 0 Å². The summed E-state index contributed by atoms with van der Waals surface area (Å²) < 4.78 is 0. The number of benzene rings is 2. The number of nitrogens with zero attached hydrogens (tertiary/aromatic N) is 1. The minimum Gasteiger partial charge on any atom is -0.371 e. The Morgan fingerprint density at radius 3 is 2.50 bits per heavy atom. The van der Waals surface area contributed by atoms with Gasteiger partial charge in [0.1, 0.15) is 0 Å². The molecule has 1 saturated heterocycles. The van der Waals surface area contributed by atoms with Gasteiger partial charge in [-0.2, -0.15) is 0 Å². The van der Waals surface area contributed by atoms with Gasteiger partial charge in [-0.25, -0.2) is 0 Å². The Balaban J connectivity index is 1.73. The molecule has 1 unspecified atom stereocenters. The quantitative estimate of drug-likeness (QED) is 0.589. The minimum atomic E-state index is -0.0836. The zero-order valence-electron chi connectivity index (χ0n) is 17.8. The number of nitrogens with one attached hydrogen (secondary N) is 2. The smallest absolute Gasteiger partial charge is 0.253 e. The average molecular weight is 426 g/mol. The molecule has 1 fully saturated rings. The van der Waals surface area contributed by atoms with Crippen LogP contribution < -0.4 is 15.5 Å². The SMILES string of the molecule is CCC(C)NC(=O)c1cc(NC(=O)CSc2ccccc2)ccc1N1CCCCC1. The summed E-state index contributed by atoms with van der Waals surface area (Å²) in [5, 5.41) is 6.02. The highest BCUT2D eigenvalue weighted by Crippen LogP contribution is 2.28. The molecule has 0 aliphatic carbocycles. The van der Waals surface area contributed by atoms with Crippen molar-refractivity contribution in [2.75, 3.05) is 29.1 Å². The average Bonchev–Trinajstić information content (AvgIpc) is 2.78. The predicted molar refractivity (Wildman–Crippen MR) is 126 cm³/mol. The van der Waals surface area contributed by atoms with Gasteiger partial charge in [0.2, 0.25) is 5.91 Å². The molecular weight excluding hydrogens is 394 g/mol. The molecule has 1 aliphatic rings. The van der Waals surface area contributed by atoms with E-state index in [9.17, 15) is 9.59 Å². The van der Waals surface area contributed by atoms with Gasteiger partial charge in [-0.1, -0.05) is 25.1 Å². The minimum absolute atomic E-state index is 0.0807. The van der Waals surface area contributed by atoms with Crippen LogP contribution in [0.1, 0.15) is 49.9 Å². The number of piperidine rings is 1. The van der Waals surface area contributed by atoms with Gasteiger partial charge in [-0.3, -0.25) is 9.59 Å². The number of thioether (sulfide) groups is 1. The third kappa shape index (κ3) is 6.26. The van der Waals surface area contributed by atoms with Crippen LogP contribution in [0.4, 0.5) is 11.4 Å². The van der Waals surface area contributed by atoms with Crippen LogP contribution in [0.2, 0.25) is 0 Å². The maximum absolute atomic E-state index is 13.0. The van der Waals surface area contributed by atoms with Gasteiger partial charge in [0.25, 0.3) is 5.91 Å². The molecule has 0 saturated carbocycles. The molecule has 1 aliphatic heterocycles. The van der Waals surface area contributed by atoms with Crippen molar-refractivity contribution < 1.29 is 9.59 Å². The molecule has 2 aromatic rings. The van der Waals surface area contributed by atoms with Gasteiger partial charge >= 0.3 is 0 Å². The second kappa shape index (κ2) is 11.1. The summed E-state index contributed by atoms with van der Waals surface area (Å²) in [5.41, 5.74) is 2.24. The number of hydrogen-bond acceptors (Lipinski definition) is 4. The summed E-state index contributed by atoms with van der Waals surface area (Å²) in [6.07, 6.45) is 4.39. The molecule has 0 aromatic heterocycles. The highest BCUT2D eigenvalue weighted by atomic mass is 32.2. The monoisotopic (exact) mass is 425 g/mol. The van der Waals surface area contributed by atoms with Crippen molar-refractivity contribution in [2.24, 2.45) is 0 Å². The Bertz CT molecular complexity index is 851. The lowest BCUT2D eigenvalue weighted by atomic mass is 10.1. The van der Waals surface area contributed by atoms with E-state index >= 15 is 0 Å². The summed E-state index contributed by atoms with van der Waals surface area (Å²) >= 11 is 1.50. The summed E-state index contributed by atoms with van der Waals surface area (Å²) in [7, 11) is 0. The number of amides is 2. The maximum atomic E-state index is 13.0. The molecular formula is C24H31N3O2S. The Morgan fingerprint density at radius 2 is 1.80 bits per heavy atom. The van der Waals surface area contributed by atoms with Gasteiger partial charge < -0.3 is 15.5 Å². The number of carbonyl (C=O) groups excluding carboxylic acids is 2. The van der Waals surface area contributed by atoms with Crippen molar-refractivity contribution in [3.63, 3.8) is 0 Å². The summed E-state index contributed by atoms with van der Waals surface area (Å²) in [6.45, 7) is 5.98. The molecule has 1 atom stereocenters. The number of hydrogen-bond donors (Lipinski definition) is 2. The van der Waals surface area contributed by atoms with E-state index in [0.29, 0.717) is 17.0 Å². The second-order valence-corrected chi connectivity index (χ2v) is 8.76. The van der Waals surface area contributed by atoms with Crippen LogP contribution in [0.5, 0.6) is 0 Å². The van der Waals surface area contributed by atoms with Crippen LogP contribution in [0, 0.1) is 0 Å². The third-order valence-electron chi connectivity index (χ3n) is 5.32. The molecule has 0 radical (unpaired) electrons. The first-order valence-electron chi connectivity index (χ1n) is 10.7. The summed E-state index contributed by atoms with van der Waals surface area (Å²) in [5.74, 6) is 0.161. The molecule has 1 heterocycles. The molecule has 2 amide bonds. The molecule has 5 nitrogen and oxygen atoms in total. The highest BCUT2D eigenvalue weighted by Gasteiger charge is 2.20. The number of rotatable bonds is 8. The van der Waals surface area contributed by atoms with Crippen molar-refractivity contribution in [1.29, 1.82) is 0 Å². The van der Waals surface area contributed by atoms with E-state index in [-0.39, 0.29) is 17.9 Å². The van der Waals surface area contributed by atoms with E-state index in [0.717, 1.165) is 42.9 Å². The van der Waals surface area contributed by atoms with Crippen LogP contribution in [0.15, 0.2) is 53.4 Å². The van der Waals surface area contributed by atoms with E-state index in [1.54, 1.807) is 0 Å². The molecule has 0 bridgehead atoms. The predicted octanol–water partition coefficient (Wildman–Crippen LogP) is 4.94. The normalized spacial score (nSPS) is 14.8. The first-order valence-corrected chi connectivity index (χ1v) is 11.7. The zero-order chi connectivity index (χ0) is 21.3. The summed E-state index contributed by atoms with van der Waals surface area (Å²) in [6, 6.07) is 15.6. The lowest BCUT2D eigenvalue weighted by molar-refractivity contribution is -0.113. The van der Waals surface area contributed by atoms with Crippen molar-refractivity contribution in [3.05, 3.63) is 54.1 Å². The van der Waals surface area contributed by atoms with Crippen LogP contribution in [-0.2, 0) is 4.79 Å². The standard InChI is InChI=1S/C24H31N3O2S/c1-3-18(2)25-24(29)21-16-19(12-13-22(21)27-14-8-5-9-15-27)26-23(28)17-30-20-10-6-4-7-11-20/h4,6-7,10-13,16,18H,3,5,8-9,14-15,17H2,1-2H3,(H,25,29)(H,26,28). The first kappa shape index (κ1) is 22.2. The molecule has 160 valence electrons. The lowest BCUT2D eigenvalue weighted by Crippen LogP contribution is -2.35. The molecule has 6 heteroatoms. The number of anilines is 2. The highest BCUT2D eigenvalue weighted by molar-refractivity contribution is 8.00. The molecule has 30 heavy (non-hydrogen) atoms. The van der Waals surface area contributed by atoms with Gasteiger partial charge in [-0.05, 0) is 62.9 Å². The van der Waals surface area contributed by atoms with E-state index in [4.69, 9.17) is 0 Å². The van der Waals surface area contributed by atoms with E-state index in [2.05, 4.69) is 22.5 Å². The number of carbonyl (C=O) groups is 2. The Kier molecular flexibility index (Phi) is 8.20. The Labute approximate surface area is 183 Å². The summed E-state index contributed by atoms with van der Waals surface area (Å²) in [4.78, 5) is 28.7. The van der Waals surface area contributed by atoms with E-state index < -0.39 is 0 Å². The zero-order valence-corrected chi connectivity index (χ0v) is 18.6. The van der Waals surface area contributed by atoms with Crippen molar-refractivity contribution >= 4 is 35.0 Å². The van der Waals surface area contributed by atoms with E-state index in [1.165, 1.54) is 18.2 Å². The van der Waals surface area contributed by atoms with Gasteiger partial charge in [0.05, 0.1) is 11.3 Å². The molecule has 2 N–H and O–H groups in total. The maximum Gasteiger partial charge on any atom is 0.253 e. The van der Waals surface area contributed by atoms with Crippen molar-refractivity contribution in [3.8, 4) is 0 Å². The topological polar surface area (TPSA) is 61.4 Å². The van der Waals surface area contributed by atoms with Crippen LogP contribution in [-0.4, -0.2) is 36.7 Å². The van der Waals surface area contributed by atoms with Gasteiger partial charge in [0, 0.05) is 35.4 Å². The third-order valence-corrected chi connectivity index (χ3v) is 6.34. The van der Waals surface area contributed by atoms with Crippen LogP contribution >= 0.6 is 11.8 Å².